The van der Waals surface area contributed by atoms with Gasteiger partial charge in [-0.25, -0.2) is 4.68 Å². The van der Waals surface area contributed by atoms with Gasteiger partial charge in [0, 0.05) is 0 Å². The Morgan fingerprint density at radius 3 is 2.50 bits per heavy atom. The summed E-state index contributed by atoms with van der Waals surface area (Å²) < 4.78 is 39.2. The third-order valence-electron chi connectivity index (χ3n) is 3.53. The van der Waals surface area contributed by atoms with Gasteiger partial charge < -0.3 is 0 Å². The molecular formula is C16H15F3N6O. The van der Waals surface area contributed by atoms with E-state index in [1.807, 2.05) is 19.9 Å². The van der Waals surface area contributed by atoms with Crippen LogP contribution in [-0.4, -0.2) is 30.9 Å². The van der Waals surface area contributed by atoms with Crippen molar-refractivity contribution < 1.29 is 18.0 Å². The maximum Gasteiger partial charge on any atom is 0.451 e. The number of aromatic nitrogens is 5. The lowest BCUT2D eigenvalue weighted by Crippen LogP contribution is -2.18. The molecule has 2 aromatic heterocycles. The van der Waals surface area contributed by atoms with Crippen molar-refractivity contribution in [3.05, 3.63) is 53.6 Å². The normalized spacial score (nSPS) is 11.8. The van der Waals surface area contributed by atoms with Crippen molar-refractivity contribution in [1.82, 2.24) is 25.0 Å². The monoisotopic (exact) mass is 364 g/mol. The minimum Gasteiger partial charge on any atom is -0.288 e. The molecule has 0 bridgehead atoms. The molecule has 3 aromatic rings. The van der Waals surface area contributed by atoms with Crippen molar-refractivity contribution >= 4 is 11.9 Å². The van der Waals surface area contributed by atoms with Gasteiger partial charge in [0.25, 0.3) is 5.91 Å². The number of H-pyrrole nitrogens is 1. The Kier molecular flexibility index (Phi) is 4.49. The highest BCUT2D eigenvalue weighted by molar-refractivity contribution is 6.02. The molecule has 0 atom stereocenters. The van der Waals surface area contributed by atoms with Crippen LogP contribution in [0, 0.1) is 0 Å². The number of hydrogen-bond acceptors (Lipinski definition) is 4. The van der Waals surface area contributed by atoms with Crippen molar-refractivity contribution in [2.24, 2.45) is 0 Å². The highest BCUT2D eigenvalue weighted by Crippen LogP contribution is 2.26. The van der Waals surface area contributed by atoms with Crippen LogP contribution in [0.25, 0.3) is 5.69 Å². The third-order valence-corrected chi connectivity index (χ3v) is 3.53. The van der Waals surface area contributed by atoms with Crippen molar-refractivity contribution in [1.29, 1.82) is 0 Å². The summed E-state index contributed by atoms with van der Waals surface area (Å²) in [5.41, 5.74) is 1.48. The molecule has 3 rings (SSSR count). The zero-order chi connectivity index (χ0) is 18.9. The Morgan fingerprint density at radius 1 is 1.23 bits per heavy atom. The fourth-order valence-corrected chi connectivity index (χ4v) is 2.22. The van der Waals surface area contributed by atoms with Crippen molar-refractivity contribution in [3.8, 4) is 5.69 Å². The van der Waals surface area contributed by atoms with E-state index in [-0.39, 0.29) is 11.6 Å². The van der Waals surface area contributed by atoms with Gasteiger partial charge in [-0.1, -0.05) is 32.0 Å². The van der Waals surface area contributed by atoms with Crippen LogP contribution in [0.1, 0.15) is 41.8 Å². The zero-order valence-corrected chi connectivity index (χ0v) is 13.9. The van der Waals surface area contributed by atoms with Gasteiger partial charge in [-0.2, -0.15) is 23.3 Å². The SMILES string of the molecule is CC(C)c1cc(C(=O)Nc2n[nH]c(C(F)(F)F)n2)n(-c2ccccc2)n1. The number of aromatic amines is 1. The van der Waals surface area contributed by atoms with E-state index in [1.165, 1.54) is 4.68 Å². The summed E-state index contributed by atoms with van der Waals surface area (Å²) in [6.45, 7) is 3.84. The number of carbonyl (C=O) groups excluding carboxylic acids is 1. The van der Waals surface area contributed by atoms with Gasteiger partial charge in [0.15, 0.2) is 0 Å². The minimum absolute atomic E-state index is 0.0619. The smallest absolute Gasteiger partial charge is 0.288 e. The molecule has 0 saturated carbocycles. The first kappa shape index (κ1) is 17.6. The molecular weight excluding hydrogens is 349 g/mol. The lowest BCUT2D eigenvalue weighted by atomic mass is 10.1. The molecule has 10 heteroatoms. The number of alkyl halides is 3. The minimum atomic E-state index is -4.67. The standard InChI is InChI=1S/C16H15F3N6O/c1-9(2)11-8-12(25(24-11)10-6-4-3-5-7-10)13(26)20-15-21-14(22-23-15)16(17,18)19/h3-9H,1-2H3,(H2,20,21,22,23,26). The van der Waals surface area contributed by atoms with Crippen LogP contribution in [0.3, 0.4) is 0 Å². The summed E-state index contributed by atoms with van der Waals surface area (Å²) in [6, 6.07) is 10.5. The first-order chi connectivity index (χ1) is 12.3. The highest BCUT2D eigenvalue weighted by Gasteiger charge is 2.35. The molecule has 1 aromatic carbocycles. The molecule has 2 N–H and O–H groups in total. The molecule has 1 amide bonds. The molecule has 26 heavy (non-hydrogen) atoms. The number of hydrogen-bond donors (Lipinski definition) is 2. The van der Waals surface area contributed by atoms with Gasteiger partial charge in [-0.15, -0.1) is 5.10 Å². The molecule has 0 spiro atoms. The Labute approximate surface area is 146 Å². The fourth-order valence-electron chi connectivity index (χ4n) is 2.22. The second kappa shape index (κ2) is 6.62. The topological polar surface area (TPSA) is 88.5 Å². The van der Waals surface area contributed by atoms with Crippen LogP contribution >= 0.6 is 0 Å². The predicted octanol–water partition coefficient (Wildman–Crippen LogP) is 3.38. The van der Waals surface area contributed by atoms with E-state index in [1.54, 1.807) is 35.4 Å². The van der Waals surface area contributed by atoms with Crippen LogP contribution in [0.15, 0.2) is 36.4 Å². The summed E-state index contributed by atoms with van der Waals surface area (Å²) in [4.78, 5) is 15.8. The van der Waals surface area contributed by atoms with Gasteiger partial charge in [0.2, 0.25) is 11.8 Å². The molecule has 0 fully saturated rings. The molecule has 0 aliphatic heterocycles. The van der Waals surface area contributed by atoms with Crippen molar-refractivity contribution in [3.63, 3.8) is 0 Å². The number of nitrogens with one attached hydrogen (secondary N) is 2. The van der Waals surface area contributed by atoms with Crippen molar-refractivity contribution in [2.45, 2.75) is 25.9 Å². The number of nitrogens with zero attached hydrogens (tertiary/aromatic N) is 4. The second-order valence-corrected chi connectivity index (χ2v) is 5.82. The number of rotatable bonds is 4. The average Bonchev–Trinajstić information content (AvgIpc) is 3.22. The number of amides is 1. The molecule has 0 saturated heterocycles. The van der Waals surface area contributed by atoms with E-state index in [9.17, 15) is 18.0 Å². The third kappa shape index (κ3) is 3.58. The Hall–Kier alpha value is -3.17. The largest absolute Gasteiger partial charge is 0.451 e. The van der Waals surface area contributed by atoms with Gasteiger partial charge in [0.1, 0.15) is 5.69 Å². The number of anilines is 1. The number of carbonyl (C=O) groups is 1. The van der Waals surface area contributed by atoms with Crippen LogP contribution in [-0.2, 0) is 6.18 Å². The summed E-state index contributed by atoms with van der Waals surface area (Å²) in [5.74, 6) is -2.35. The van der Waals surface area contributed by atoms with Gasteiger partial charge in [0.05, 0.1) is 11.4 Å². The maximum atomic E-state index is 12.6. The van der Waals surface area contributed by atoms with E-state index < -0.39 is 23.9 Å². The Bertz CT molecular complexity index is 914. The number of benzene rings is 1. The highest BCUT2D eigenvalue weighted by atomic mass is 19.4. The number of para-hydroxylation sites is 1. The first-order valence-corrected chi connectivity index (χ1v) is 7.72. The summed E-state index contributed by atoms with van der Waals surface area (Å²) in [7, 11) is 0. The van der Waals surface area contributed by atoms with Crippen LogP contribution in [0.4, 0.5) is 19.1 Å². The average molecular weight is 364 g/mol. The van der Waals surface area contributed by atoms with E-state index in [0.717, 1.165) is 0 Å². The Morgan fingerprint density at radius 2 is 1.92 bits per heavy atom. The van der Waals surface area contributed by atoms with Crippen LogP contribution in [0.2, 0.25) is 0 Å². The second-order valence-electron chi connectivity index (χ2n) is 5.82. The quantitative estimate of drug-likeness (QED) is 0.743. The van der Waals surface area contributed by atoms with Crippen molar-refractivity contribution in [2.75, 3.05) is 5.32 Å². The molecule has 136 valence electrons. The fraction of sp³-hybridized carbons (Fsp3) is 0.250. The summed E-state index contributed by atoms with van der Waals surface area (Å²) >= 11 is 0. The van der Waals surface area contributed by atoms with Gasteiger partial charge in [-0.05, 0) is 24.1 Å². The van der Waals surface area contributed by atoms with E-state index in [2.05, 4.69) is 20.5 Å². The summed E-state index contributed by atoms with van der Waals surface area (Å²) in [6.07, 6.45) is -4.67. The van der Waals surface area contributed by atoms with Crippen LogP contribution < -0.4 is 5.32 Å². The first-order valence-electron chi connectivity index (χ1n) is 7.72. The lowest BCUT2D eigenvalue weighted by molar-refractivity contribution is -0.144. The predicted molar refractivity (Wildman–Crippen MR) is 87.0 cm³/mol. The zero-order valence-electron chi connectivity index (χ0n) is 13.9. The molecule has 0 radical (unpaired) electrons. The van der Waals surface area contributed by atoms with E-state index in [4.69, 9.17) is 0 Å². The number of halogens is 3. The van der Waals surface area contributed by atoms with E-state index >= 15 is 0 Å². The maximum absolute atomic E-state index is 12.6. The molecule has 0 aliphatic carbocycles. The Balaban J connectivity index is 1.92. The molecule has 7 nitrogen and oxygen atoms in total. The molecule has 2 heterocycles. The van der Waals surface area contributed by atoms with E-state index in [0.29, 0.717) is 11.4 Å². The van der Waals surface area contributed by atoms with Gasteiger partial charge in [-0.3, -0.25) is 15.2 Å². The summed E-state index contributed by atoms with van der Waals surface area (Å²) in [5, 5.41) is 11.8. The van der Waals surface area contributed by atoms with Crippen LogP contribution in [0.5, 0.6) is 0 Å². The lowest BCUT2D eigenvalue weighted by Gasteiger charge is -2.06. The molecule has 0 unspecified atom stereocenters. The van der Waals surface area contributed by atoms with Gasteiger partial charge >= 0.3 is 6.18 Å². The molecule has 0 aliphatic rings.